The first-order valence-corrected chi connectivity index (χ1v) is 4.21. The Morgan fingerprint density at radius 3 is 2.00 bits per heavy atom. The minimum absolute atomic E-state index is 0.0836. The maximum Gasteiger partial charge on any atom is 0.509 e. The Balaban J connectivity index is 3.20. The second-order valence-electron chi connectivity index (χ2n) is 3.36. The first-order valence-electron chi connectivity index (χ1n) is 4.21. The van der Waals surface area contributed by atoms with Crippen LogP contribution in [-0.4, -0.2) is 6.98 Å². The molecule has 0 bridgehead atoms. The van der Waals surface area contributed by atoms with Crippen LogP contribution in [0.2, 0.25) is 0 Å². The number of halogens is 3. The Morgan fingerprint density at radius 1 is 1.08 bits per heavy atom. The fourth-order valence-corrected chi connectivity index (χ4v) is 1.33. The van der Waals surface area contributed by atoms with E-state index in [1.807, 2.05) is 0 Å². The molecule has 1 rings (SSSR count). The topological polar surface area (TPSA) is 0 Å². The predicted octanol–water partition coefficient (Wildman–Crippen LogP) is 2.86. The summed E-state index contributed by atoms with van der Waals surface area (Å²) < 4.78 is 37.4. The zero-order chi connectivity index (χ0) is 10.1. The molecule has 13 heavy (non-hydrogen) atoms. The van der Waals surface area contributed by atoms with Crippen molar-refractivity contribution in [1.82, 2.24) is 0 Å². The van der Waals surface area contributed by atoms with Gasteiger partial charge in [0.2, 0.25) is 0 Å². The lowest BCUT2D eigenvalue weighted by Crippen LogP contribution is -2.37. The molecule has 4 heteroatoms. The third-order valence-electron chi connectivity index (χ3n) is 1.97. The molecule has 0 amide bonds. The Kier molecular flexibility index (Phi) is 2.69. The van der Waals surface area contributed by atoms with Crippen LogP contribution < -0.4 is 5.46 Å². The van der Waals surface area contributed by atoms with Gasteiger partial charge in [-0.15, -0.1) is 5.46 Å². The van der Waals surface area contributed by atoms with Crippen molar-refractivity contribution in [2.75, 3.05) is 0 Å². The van der Waals surface area contributed by atoms with Crippen LogP contribution in [0, 0.1) is 0 Å². The molecule has 0 N–H and O–H groups in total. The van der Waals surface area contributed by atoms with E-state index in [1.165, 1.54) is 12.1 Å². The average molecular weight is 187 g/mol. The van der Waals surface area contributed by atoms with Gasteiger partial charge in [-0.25, -0.2) is 0 Å². The van der Waals surface area contributed by atoms with Gasteiger partial charge in [-0.05, 0) is 5.92 Å². The fourth-order valence-electron chi connectivity index (χ4n) is 1.33. The lowest BCUT2D eigenvalue weighted by molar-refractivity contribution is 0.499. The molecule has 1 aromatic rings. The molecule has 0 saturated carbocycles. The van der Waals surface area contributed by atoms with E-state index in [9.17, 15) is 12.9 Å². The molecular formula is C9H11BF3-. The molecule has 0 fully saturated rings. The summed E-state index contributed by atoms with van der Waals surface area (Å²) in [4.78, 5) is 0. The highest BCUT2D eigenvalue weighted by Gasteiger charge is 2.28. The van der Waals surface area contributed by atoms with Crippen LogP contribution in [0.5, 0.6) is 0 Å². The molecule has 0 unspecified atom stereocenters. The van der Waals surface area contributed by atoms with E-state index >= 15 is 0 Å². The largest absolute Gasteiger partial charge is 0.509 e. The van der Waals surface area contributed by atoms with E-state index in [4.69, 9.17) is 0 Å². The molecule has 0 saturated heterocycles. The zero-order valence-electron chi connectivity index (χ0n) is 7.60. The van der Waals surface area contributed by atoms with Crippen LogP contribution in [-0.2, 0) is 0 Å². The van der Waals surface area contributed by atoms with Gasteiger partial charge in [0, 0.05) is 0 Å². The summed E-state index contributed by atoms with van der Waals surface area (Å²) in [6.45, 7) is -1.34. The standard InChI is InChI=1S/C9H11BF3/c1-7(2)8-5-3-4-6-9(8)10(11,12)13/h3-7H,1-2H3/q-1. The Morgan fingerprint density at radius 2 is 1.62 bits per heavy atom. The molecule has 0 atom stereocenters. The Labute approximate surface area is 75.8 Å². The van der Waals surface area contributed by atoms with Gasteiger partial charge in [0.15, 0.2) is 0 Å². The van der Waals surface area contributed by atoms with Gasteiger partial charge >= 0.3 is 6.98 Å². The van der Waals surface area contributed by atoms with E-state index in [-0.39, 0.29) is 5.92 Å². The third-order valence-corrected chi connectivity index (χ3v) is 1.97. The van der Waals surface area contributed by atoms with Crippen LogP contribution in [0.15, 0.2) is 24.3 Å². The van der Waals surface area contributed by atoms with Crippen LogP contribution in [0.4, 0.5) is 12.9 Å². The second-order valence-corrected chi connectivity index (χ2v) is 3.36. The third kappa shape index (κ3) is 2.26. The van der Waals surface area contributed by atoms with Crippen LogP contribution in [0.3, 0.4) is 0 Å². The molecule has 0 nitrogen and oxygen atoms in total. The second kappa shape index (κ2) is 3.44. The van der Waals surface area contributed by atoms with Crippen molar-refractivity contribution in [3.05, 3.63) is 29.8 Å². The van der Waals surface area contributed by atoms with Crippen LogP contribution >= 0.6 is 0 Å². The SMILES string of the molecule is CC(C)c1ccccc1[B-](F)(F)F. The Hall–Kier alpha value is -0.925. The van der Waals surface area contributed by atoms with Crippen molar-refractivity contribution in [2.45, 2.75) is 19.8 Å². The van der Waals surface area contributed by atoms with E-state index in [0.717, 1.165) is 6.07 Å². The molecule has 0 aliphatic heterocycles. The van der Waals surface area contributed by atoms with Gasteiger partial charge in [-0.1, -0.05) is 43.7 Å². The maximum absolute atomic E-state index is 12.5. The van der Waals surface area contributed by atoms with Crippen molar-refractivity contribution < 1.29 is 12.9 Å². The van der Waals surface area contributed by atoms with E-state index in [1.54, 1.807) is 19.9 Å². The normalized spacial score (nSPS) is 12.2. The molecule has 0 aliphatic rings. The summed E-state index contributed by atoms with van der Waals surface area (Å²) in [7, 11) is 0. The summed E-state index contributed by atoms with van der Waals surface area (Å²) >= 11 is 0. The van der Waals surface area contributed by atoms with Crippen molar-refractivity contribution in [3.8, 4) is 0 Å². The number of benzene rings is 1. The predicted molar refractivity (Wildman–Crippen MR) is 49.2 cm³/mol. The number of rotatable bonds is 2. The maximum atomic E-state index is 12.5. The minimum Gasteiger partial charge on any atom is -0.445 e. The fraction of sp³-hybridized carbons (Fsp3) is 0.333. The first kappa shape index (κ1) is 10.2. The smallest absolute Gasteiger partial charge is 0.445 e. The molecule has 1 aromatic carbocycles. The first-order chi connectivity index (χ1) is 5.93. The van der Waals surface area contributed by atoms with Crippen LogP contribution in [0.25, 0.3) is 0 Å². The van der Waals surface area contributed by atoms with Gasteiger partial charge < -0.3 is 12.9 Å². The van der Waals surface area contributed by atoms with Crippen molar-refractivity contribution in [1.29, 1.82) is 0 Å². The molecule has 0 radical (unpaired) electrons. The zero-order valence-corrected chi connectivity index (χ0v) is 7.60. The van der Waals surface area contributed by atoms with Crippen molar-refractivity contribution in [2.24, 2.45) is 0 Å². The highest BCUT2D eigenvalue weighted by molar-refractivity contribution is 6.74. The molecule has 72 valence electrons. The molecule has 0 heterocycles. The summed E-state index contributed by atoms with van der Waals surface area (Å²) in [6.07, 6.45) is 0. The van der Waals surface area contributed by atoms with E-state index in [0.29, 0.717) is 5.56 Å². The van der Waals surface area contributed by atoms with Gasteiger partial charge in [0.25, 0.3) is 0 Å². The summed E-state index contributed by atoms with van der Waals surface area (Å²) in [6, 6.07) is 5.75. The van der Waals surface area contributed by atoms with Crippen LogP contribution in [0.1, 0.15) is 25.3 Å². The molecule has 0 aromatic heterocycles. The molecule has 0 aliphatic carbocycles. The summed E-state index contributed by atoms with van der Waals surface area (Å²) in [5.41, 5.74) is -0.0764. The quantitative estimate of drug-likeness (QED) is 0.624. The lowest BCUT2D eigenvalue weighted by Gasteiger charge is -2.21. The number of hydrogen-bond acceptors (Lipinski definition) is 0. The average Bonchev–Trinajstić information content (AvgIpc) is 2.03. The van der Waals surface area contributed by atoms with Gasteiger partial charge in [0.05, 0.1) is 0 Å². The van der Waals surface area contributed by atoms with Gasteiger partial charge in [-0.2, -0.15) is 0 Å². The molecule has 0 spiro atoms. The van der Waals surface area contributed by atoms with Crippen molar-refractivity contribution in [3.63, 3.8) is 0 Å². The Bertz CT molecular complexity index is 291. The number of hydrogen-bond donors (Lipinski definition) is 0. The minimum atomic E-state index is -4.87. The highest BCUT2D eigenvalue weighted by atomic mass is 19.4. The van der Waals surface area contributed by atoms with E-state index < -0.39 is 12.4 Å². The van der Waals surface area contributed by atoms with Gasteiger partial charge in [0.1, 0.15) is 0 Å². The molecular weight excluding hydrogens is 176 g/mol. The highest BCUT2D eigenvalue weighted by Crippen LogP contribution is 2.18. The lowest BCUT2D eigenvalue weighted by atomic mass is 9.74. The summed E-state index contributed by atoms with van der Waals surface area (Å²) in [5.74, 6) is -0.0836. The van der Waals surface area contributed by atoms with E-state index in [2.05, 4.69) is 0 Å². The monoisotopic (exact) mass is 187 g/mol. The summed E-state index contributed by atoms with van der Waals surface area (Å²) in [5, 5.41) is 0. The van der Waals surface area contributed by atoms with Crippen molar-refractivity contribution >= 4 is 12.4 Å². The van der Waals surface area contributed by atoms with Gasteiger partial charge in [-0.3, -0.25) is 0 Å².